The lowest BCUT2D eigenvalue weighted by Gasteiger charge is -2.65. The van der Waals surface area contributed by atoms with E-state index in [-0.39, 0.29) is 55.9 Å². The average Bonchev–Trinajstić information content (AvgIpc) is 3.80. The Hall–Kier alpha value is -5.11. The van der Waals surface area contributed by atoms with Crippen LogP contribution in [0.1, 0.15) is 53.2 Å². The monoisotopic (exact) mass is 640 g/mol. The van der Waals surface area contributed by atoms with Crippen molar-refractivity contribution < 1.29 is 28.5 Å². The maximum atomic E-state index is 13.2. The molecule has 6 aliphatic rings. The Labute approximate surface area is 277 Å². The topological polar surface area (TPSA) is 106 Å². The molecule has 240 valence electrons. The van der Waals surface area contributed by atoms with Crippen LogP contribution in [0.4, 0.5) is 0 Å². The molecule has 0 unspecified atom stereocenters. The molecule has 0 amide bonds. The van der Waals surface area contributed by atoms with Crippen molar-refractivity contribution in [3.8, 4) is 29.1 Å². The summed E-state index contributed by atoms with van der Waals surface area (Å²) in [6.07, 6.45) is 7.27. The van der Waals surface area contributed by atoms with Gasteiger partial charge in [-0.1, -0.05) is 24.3 Å². The van der Waals surface area contributed by atoms with Crippen LogP contribution in [0.3, 0.4) is 0 Å². The zero-order valence-electron chi connectivity index (χ0n) is 26.3. The molecule has 0 bridgehead atoms. The van der Waals surface area contributed by atoms with Gasteiger partial charge >= 0.3 is 5.97 Å². The number of esters is 1. The molecule has 0 saturated carbocycles. The minimum absolute atomic E-state index is 0.0366. The number of fused-ring (bicyclic) bond motifs is 9. The number of allylic oxidation sites excluding steroid dienone is 1. The molecule has 7 heterocycles. The van der Waals surface area contributed by atoms with Gasteiger partial charge in [0.25, 0.3) is 0 Å². The number of para-hydroxylation sites is 1. The molecule has 2 saturated heterocycles. The van der Waals surface area contributed by atoms with Crippen LogP contribution in [0.15, 0.2) is 72.9 Å². The summed E-state index contributed by atoms with van der Waals surface area (Å²) in [5.41, 5.74) is 6.37. The number of nitriles is 1. The number of pyridine rings is 1. The third-order valence-electron chi connectivity index (χ3n) is 11.3. The third-order valence-corrected chi connectivity index (χ3v) is 11.3. The van der Waals surface area contributed by atoms with Crippen molar-refractivity contribution in [1.82, 2.24) is 14.8 Å². The van der Waals surface area contributed by atoms with E-state index < -0.39 is 5.97 Å². The smallest absolute Gasteiger partial charge is 0.330 e. The second kappa shape index (κ2) is 10.2. The predicted molar refractivity (Wildman–Crippen MR) is 172 cm³/mol. The van der Waals surface area contributed by atoms with Crippen molar-refractivity contribution in [2.75, 3.05) is 20.2 Å². The number of nitrogens with zero attached hydrogens (tertiary/aromatic N) is 4. The summed E-state index contributed by atoms with van der Waals surface area (Å²) in [5, 5.41) is 11.8. The van der Waals surface area contributed by atoms with E-state index in [9.17, 15) is 10.1 Å². The molecule has 0 N–H and O–H groups in total. The number of aromatic nitrogens is 1. The quantitative estimate of drug-likeness (QED) is 0.212. The fourth-order valence-electron chi connectivity index (χ4n) is 9.24. The molecule has 1 aromatic heterocycles. The Morgan fingerprint density at radius 1 is 1.02 bits per heavy atom. The summed E-state index contributed by atoms with van der Waals surface area (Å²) in [4.78, 5) is 22.6. The SMILES string of the molecule is C[C@@]12C[C@H]3[C@H](C#N)N4[C@@H](COC(=O)/C=C/Cc5cnc6ccccc6c5)c5cc6c(cc5C[C@H]4[C@@H](c4cc5c(cc41)OCO5)N32)OCO6. The van der Waals surface area contributed by atoms with Crippen LogP contribution in [-0.2, 0) is 27.9 Å². The first-order valence-corrected chi connectivity index (χ1v) is 16.5. The van der Waals surface area contributed by atoms with Gasteiger partial charge in [0, 0.05) is 35.3 Å². The lowest BCUT2D eigenvalue weighted by molar-refractivity contribution is -0.184. The number of rotatable bonds is 5. The standard InChI is InChI=1S/C38H32N4O6/c1-38-15-29-30(16-39)41-28(37(42(29)38)25-13-34-35(14-26(25)38)48-20-47-34)10-23-11-32-33(46-19-45-32)12-24(23)31(41)18-44-36(43)8-4-5-21-9-22-6-2-3-7-27(22)40-17-21/h2-4,6-9,11-14,17,28-31,37H,5,10,15,18-20H2,1H3/b8-4+/t28-,29-,30-,31-,37+,38+/m0/s1. The van der Waals surface area contributed by atoms with Crippen molar-refractivity contribution in [3.63, 3.8) is 0 Å². The summed E-state index contributed by atoms with van der Waals surface area (Å²) < 4.78 is 29.2. The summed E-state index contributed by atoms with van der Waals surface area (Å²) in [5.74, 6) is 2.52. The molecule has 10 nitrogen and oxygen atoms in total. The fourth-order valence-corrected chi connectivity index (χ4v) is 9.24. The van der Waals surface area contributed by atoms with Crippen LogP contribution in [-0.4, -0.2) is 59.1 Å². The van der Waals surface area contributed by atoms with Crippen LogP contribution in [0.25, 0.3) is 10.9 Å². The number of hydrogen-bond acceptors (Lipinski definition) is 10. The zero-order valence-corrected chi connectivity index (χ0v) is 26.3. The summed E-state index contributed by atoms with van der Waals surface area (Å²) in [7, 11) is 0. The molecule has 6 atom stereocenters. The van der Waals surface area contributed by atoms with E-state index in [4.69, 9.17) is 23.7 Å². The Bertz CT molecular complexity index is 2110. The van der Waals surface area contributed by atoms with Crippen molar-refractivity contribution in [1.29, 1.82) is 5.26 Å². The summed E-state index contributed by atoms with van der Waals surface area (Å²) >= 11 is 0. The Morgan fingerprint density at radius 3 is 2.58 bits per heavy atom. The maximum Gasteiger partial charge on any atom is 0.330 e. The minimum atomic E-state index is -0.421. The van der Waals surface area contributed by atoms with Gasteiger partial charge < -0.3 is 23.7 Å². The normalized spacial score (nSPS) is 28.7. The number of carbonyl (C=O) groups is 1. The highest BCUT2D eigenvalue weighted by molar-refractivity contribution is 5.82. The minimum Gasteiger partial charge on any atom is -0.460 e. The van der Waals surface area contributed by atoms with Crippen molar-refractivity contribution >= 4 is 16.9 Å². The largest absolute Gasteiger partial charge is 0.460 e. The van der Waals surface area contributed by atoms with E-state index in [1.54, 1.807) is 0 Å². The Morgan fingerprint density at radius 2 is 1.77 bits per heavy atom. The second-order valence-corrected chi connectivity index (χ2v) is 13.7. The molecule has 4 aromatic rings. The number of ether oxygens (including phenoxy) is 5. The van der Waals surface area contributed by atoms with Crippen LogP contribution >= 0.6 is 0 Å². The van der Waals surface area contributed by atoms with Gasteiger partial charge in [-0.15, -0.1) is 0 Å². The summed E-state index contributed by atoms with van der Waals surface area (Å²) in [6, 6.07) is 20.4. The molecule has 10 heteroatoms. The molecule has 2 fully saturated rings. The summed E-state index contributed by atoms with van der Waals surface area (Å²) in [6.45, 7) is 2.77. The van der Waals surface area contributed by atoms with Crippen LogP contribution in [0.5, 0.6) is 23.0 Å². The highest BCUT2D eigenvalue weighted by Gasteiger charge is 2.68. The van der Waals surface area contributed by atoms with E-state index in [2.05, 4.69) is 52.0 Å². The third kappa shape index (κ3) is 3.92. The van der Waals surface area contributed by atoms with E-state index in [0.717, 1.165) is 51.3 Å². The first-order valence-electron chi connectivity index (χ1n) is 16.5. The molecule has 0 spiro atoms. The number of carbonyl (C=O) groups excluding carboxylic acids is 1. The lowest BCUT2D eigenvalue weighted by atomic mass is 9.71. The molecule has 0 aliphatic carbocycles. The fraction of sp³-hybridized carbons (Fsp3) is 0.342. The van der Waals surface area contributed by atoms with E-state index in [0.29, 0.717) is 18.6 Å². The molecule has 3 aromatic carbocycles. The van der Waals surface area contributed by atoms with Gasteiger partial charge in [0.2, 0.25) is 13.6 Å². The van der Waals surface area contributed by atoms with Crippen LogP contribution in [0.2, 0.25) is 0 Å². The van der Waals surface area contributed by atoms with Crippen molar-refractivity contribution in [2.24, 2.45) is 0 Å². The number of piperazine rings is 1. The molecule has 48 heavy (non-hydrogen) atoms. The van der Waals surface area contributed by atoms with Crippen molar-refractivity contribution in [3.05, 3.63) is 101 Å². The van der Waals surface area contributed by atoms with Crippen LogP contribution in [0, 0.1) is 11.3 Å². The van der Waals surface area contributed by atoms with Gasteiger partial charge in [-0.05, 0) is 90.4 Å². The van der Waals surface area contributed by atoms with Gasteiger partial charge in [0.05, 0.1) is 23.7 Å². The van der Waals surface area contributed by atoms with Gasteiger partial charge in [0.1, 0.15) is 12.6 Å². The predicted octanol–water partition coefficient (Wildman–Crippen LogP) is 5.25. The second-order valence-electron chi connectivity index (χ2n) is 13.7. The maximum absolute atomic E-state index is 13.2. The number of hydrogen-bond donors (Lipinski definition) is 0. The zero-order chi connectivity index (χ0) is 32.1. The van der Waals surface area contributed by atoms with Gasteiger partial charge in [0.15, 0.2) is 23.0 Å². The highest BCUT2D eigenvalue weighted by atomic mass is 16.7. The molecule has 0 radical (unpaired) electrons. The molecule has 6 aliphatic heterocycles. The van der Waals surface area contributed by atoms with E-state index in [1.165, 1.54) is 17.2 Å². The van der Waals surface area contributed by atoms with E-state index >= 15 is 0 Å². The molecular weight excluding hydrogens is 608 g/mol. The number of benzene rings is 3. The van der Waals surface area contributed by atoms with Gasteiger partial charge in [-0.3, -0.25) is 14.8 Å². The molecule has 10 rings (SSSR count). The van der Waals surface area contributed by atoms with Gasteiger partial charge in [-0.2, -0.15) is 5.26 Å². The highest BCUT2D eigenvalue weighted by Crippen LogP contribution is 2.65. The van der Waals surface area contributed by atoms with E-state index in [1.807, 2.05) is 42.6 Å². The first-order chi connectivity index (χ1) is 23.5. The lowest BCUT2D eigenvalue weighted by Crippen LogP contribution is -2.74. The van der Waals surface area contributed by atoms with Crippen LogP contribution < -0.4 is 18.9 Å². The Kier molecular flexibility index (Phi) is 5.94. The van der Waals surface area contributed by atoms with Crippen molar-refractivity contribution in [2.45, 2.75) is 61.9 Å². The molecular formula is C38H32N4O6. The Balaban J connectivity index is 0.977. The van der Waals surface area contributed by atoms with Gasteiger partial charge in [-0.25, -0.2) is 4.79 Å². The first kappa shape index (κ1) is 28.0. The average molecular weight is 641 g/mol.